The first-order valence-corrected chi connectivity index (χ1v) is 7.86. The minimum Gasteiger partial charge on any atom is -0.545 e. The number of aliphatic carboxylic acids is 2. The Morgan fingerprint density at radius 3 is 1.43 bits per heavy atom. The maximum atomic E-state index is 9.41. The van der Waals surface area contributed by atoms with Crippen molar-refractivity contribution in [2.45, 2.75) is 0 Å². The van der Waals surface area contributed by atoms with Crippen molar-refractivity contribution in [3.8, 4) is 0 Å². The van der Waals surface area contributed by atoms with Crippen LogP contribution in [0.1, 0.15) is 0 Å². The standard InChI is InChI=1S/C9H18Cl2N2.C4H4O4/c10-1-3-12-5-7-13(9-12,4-2-11)8-6-12;5-3(6)1-2-4(7)8/h1-9H2;1-2H,(H,5,6)(H,7,8)/q+2;/p-2/b;2-1-. The Bertz CT molecular complexity index is 371. The summed E-state index contributed by atoms with van der Waals surface area (Å²) in [7, 11) is 0. The summed E-state index contributed by atoms with van der Waals surface area (Å²) in [4.78, 5) is 18.8. The van der Waals surface area contributed by atoms with Crippen molar-refractivity contribution < 1.29 is 28.8 Å². The van der Waals surface area contributed by atoms with E-state index in [1.54, 1.807) is 0 Å². The molecule has 2 saturated heterocycles. The number of quaternary nitrogens is 2. The number of alkyl halides is 2. The van der Waals surface area contributed by atoms with Crippen LogP contribution in [0.25, 0.3) is 0 Å². The fraction of sp³-hybridized carbons (Fsp3) is 0.692. The van der Waals surface area contributed by atoms with Crippen molar-refractivity contribution in [3.05, 3.63) is 12.2 Å². The minimum absolute atomic E-state index is 0.384. The Balaban J connectivity index is 0.000000240. The van der Waals surface area contributed by atoms with Crippen LogP contribution in [0.2, 0.25) is 0 Å². The largest absolute Gasteiger partial charge is 0.545 e. The summed E-state index contributed by atoms with van der Waals surface area (Å²) in [6.07, 6.45) is 0.769. The molecule has 0 aromatic rings. The molecule has 8 heteroatoms. The topological polar surface area (TPSA) is 80.3 Å². The zero-order valence-electron chi connectivity index (χ0n) is 11.8. The summed E-state index contributed by atoms with van der Waals surface area (Å²) in [6, 6.07) is 0. The van der Waals surface area contributed by atoms with Gasteiger partial charge in [-0.15, -0.1) is 23.2 Å². The van der Waals surface area contributed by atoms with Crippen molar-refractivity contribution in [1.82, 2.24) is 0 Å². The summed E-state index contributed by atoms with van der Waals surface area (Å²) in [6.45, 7) is 8.90. The van der Waals surface area contributed by atoms with Crippen LogP contribution >= 0.6 is 23.2 Å². The number of halogens is 2. The highest BCUT2D eigenvalue weighted by Gasteiger charge is 2.54. The van der Waals surface area contributed by atoms with Gasteiger partial charge in [-0.3, -0.25) is 8.97 Å². The van der Waals surface area contributed by atoms with Crippen LogP contribution in [0, 0.1) is 0 Å². The van der Waals surface area contributed by atoms with Crippen LogP contribution in [-0.2, 0) is 9.59 Å². The molecule has 0 atom stereocenters. The fourth-order valence-corrected chi connectivity index (χ4v) is 3.79. The Kier molecular flexibility index (Phi) is 6.93. The number of nitrogens with zero attached hydrogens (tertiary/aromatic N) is 2. The Morgan fingerprint density at radius 2 is 1.19 bits per heavy atom. The van der Waals surface area contributed by atoms with Crippen LogP contribution in [0.5, 0.6) is 0 Å². The molecule has 0 aromatic carbocycles. The maximum absolute atomic E-state index is 9.41. The minimum atomic E-state index is -1.55. The van der Waals surface area contributed by atoms with E-state index in [9.17, 15) is 19.8 Å². The molecule has 6 nitrogen and oxygen atoms in total. The van der Waals surface area contributed by atoms with Crippen LogP contribution in [0.3, 0.4) is 0 Å². The van der Waals surface area contributed by atoms with Gasteiger partial charge in [0.1, 0.15) is 26.2 Å². The average Bonchev–Trinajstić information content (AvgIpc) is 2.93. The van der Waals surface area contributed by atoms with Gasteiger partial charge >= 0.3 is 0 Å². The molecule has 0 N–H and O–H groups in total. The first-order valence-electron chi connectivity index (χ1n) is 6.79. The quantitative estimate of drug-likeness (QED) is 0.322. The molecule has 2 aliphatic heterocycles. The molecular formula is C13H20Cl2N2O4. The van der Waals surface area contributed by atoms with Crippen molar-refractivity contribution >= 4 is 35.1 Å². The van der Waals surface area contributed by atoms with Gasteiger partial charge in [-0.1, -0.05) is 0 Å². The molecule has 2 rings (SSSR count). The van der Waals surface area contributed by atoms with Crippen molar-refractivity contribution in [2.24, 2.45) is 0 Å². The predicted octanol–water partition coefficient (Wildman–Crippen LogP) is -1.88. The number of piperazine rings is 1. The molecule has 2 aliphatic rings. The van der Waals surface area contributed by atoms with Crippen LogP contribution in [-0.4, -0.2) is 78.6 Å². The molecule has 0 spiro atoms. The number of hydrogen-bond donors (Lipinski definition) is 0. The first kappa shape index (κ1) is 18.2. The van der Waals surface area contributed by atoms with E-state index in [0.717, 1.165) is 24.8 Å². The summed E-state index contributed by atoms with van der Waals surface area (Å²) >= 11 is 11.7. The average molecular weight is 339 g/mol. The number of carboxylic acid groups (broad SMARTS) is 2. The Hall–Kier alpha value is -0.820. The molecule has 0 aliphatic carbocycles. The Morgan fingerprint density at radius 1 is 0.857 bits per heavy atom. The van der Waals surface area contributed by atoms with Crippen LogP contribution in [0.15, 0.2) is 12.2 Å². The van der Waals surface area contributed by atoms with E-state index >= 15 is 0 Å². The van der Waals surface area contributed by atoms with Gasteiger partial charge in [0.15, 0.2) is 0 Å². The van der Waals surface area contributed by atoms with E-state index in [2.05, 4.69) is 0 Å². The first-order chi connectivity index (χ1) is 9.87. The second-order valence-corrected chi connectivity index (χ2v) is 6.27. The highest BCUT2D eigenvalue weighted by Crippen LogP contribution is 2.31. The Labute approximate surface area is 134 Å². The molecule has 120 valence electrons. The monoisotopic (exact) mass is 338 g/mol. The van der Waals surface area contributed by atoms with E-state index in [1.165, 1.54) is 41.8 Å². The van der Waals surface area contributed by atoms with Gasteiger partial charge in [-0.25, -0.2) is 0 Å². The molecule has 0 aromatic heterocycles. The molecule has 0 unspecified atom stereocenters. The van der Waals surface area contributed by atoms with E-state index < -0.39 is 11.9 Å². The van der Waals surface area contributed by atoms with Crippen molar-refractivity contribution in [3.63, 3.8) is 0 Å². The van der Waals surface area contributed by atoms with Gasteiger partial charge in [0, 0.05) is 0 Å². The zero-order valence-corrected chi connectivity index (χ0v) is 13.3. The molecule has 0 amide bonds. The normalized spacial score (nSPS) is 30.2. The molecule has 2 bridgehead atoms. The second kappa shape index (κ2) is 7.98. The van der Waals surface area contributed by atoms with Crippen LogP contribution in [0.4, 0.5) is 0 Å². The molecule has 2 fully saturated rings. The van der Waals surface area contributed by atoms with Crippen molar-refractivity contribution in [1.29, 1.82) is 0 Å². The zero-order chi connectivity index (χ0) is 15.9. The summed E-state index contributed by atoms with van der Waals surface area (Å²) in [5, 5.41) is 18.8. The lowest BCUT2D eigenvalue weighted by Crippen LogP contribution is -2.48. The second-order valence-electron chi connectivity index (χ2n) is 5.52. The highest BCUT2D eigenvalue weighted by atomic mass is 35.5. The third-order valence-electron chi connectivity index (χ3n) is 4.17. The van der Waals surface area contributed by atoms with Gasteiger partial charge < -0.3 is 19.8 Å². The molecule has 2 heterocycles. The van der Waals surface area contributed by atoms with Crippen LogP contribution < -0.4 is 10.2 Å². The maximum Gasteiger partial charge on any atom is 0.208 e. The van der Waals surface area contributed by atoms with Gasteiger partial charge in [0.25, 0.3) is 0 Å². The SMILES string of the molecule is ClCC[N+]12CC[N+](CCCl)(CC1)C2.O=C([O-])/C=C\C(=O)[O-]. The molecule has 0 radical (unpaired) electrons. The highest BCUT2D eigenvalue weighted by molar-refractivity contribution is 6.18. The molecular weight excluding hydrogens is 319 g/mol. The summed E-state index contributed by atoms with van der Waals surface area (Å²) in [5.74, 6) is -1.48. The molecule has 21 heavy (non-hydrogen) atoms. The predicted molar refractivity (Wildman–Crippen MR) is 75.2 cm³/mol. The fourth-order valence-electron chi connectivity index (χ4n) is 3.07. The van der Waals surface area contributed by atoms with Gasteiger partial charge in [-0.2, -0.15) is 0 Å². The van der Waals surface area contributed by atoms with E-state index in [-0.39, 0.29) is 0 Å². The van der Waals surface area contributed by atoms with Gasteiger partial charge in [0.05, 0.1) is 36.8 Å². The number of rotatable bonds is 6. The van der Waals surface area contributed by atoms with E-state index in [4.69, 9.17) is 23.2 Å². The number of carboxylic acids is 2. The smallest absolute Gasteiger partial charge is 0.208 e. The van der Waals surface area contributed by atoms with Crippen molar-refractivity contribution in [2.75, 3.05) is 57.7 Å². The summed E-state index contributed by atoms with van der Waals surface area (Å²) in [5.41, 5.74) is 0. The molecule has 0 saturated carbocycles. The lowest BCUT2D eigenvalue weighted by molar-refractivity contribution is -0.985. The van der Waals surface area contributed by atoms with Gasteiger partial charge in [0.2, 0.25) is 6.67 Å². The lowest BCUT2D eigenvalue weighted by Gasteiger charge is -2.26. The number of hydrogen-bond acceptors (Lipinski definition) is 4. The third-order valence-corrected chi connectivity index (χ3v) is 4.51. The number of fused-ring (bicyclic) bond motifs is 2. The summed E-state index contributed by atoms with van der Waals surface area (Å²) < 4.78 is 2.53. The van der Waals surface area contributed by atoms with Gasteiger partial charge in [-0.05, 0) is 12.2 Å². The lowest BCUT2D eigenvalue weighted by atomic mass is 10.3. The number of carbonyl (C=O) groups is 2. The van der Waals surface area contributed by atoms with E-state index in [1.807, 2.05) is 0 Å². The number of carbonyl (C=O) groups excluding carboxylic acids is 2. The third kappa shape index (κ3) is 5.47. The van der Waals surface area contributed by atoms with E-state index in [0.29, 0.717) is 12.2 Å².